The van der Waals surface area contributed by atoms with Gasteiger partial charge in [0.05, 0.1) is 19.8 Å². The molecule has 0 aromatic heterocycles. The molecule has 0 aliphatic rings. The van der Waals surface area contributed by atoms with Crippen molar-refractivity contribution in [3.63, 3.8) is 0 Å². The van der Waals surface area contributed by atoms with Gasteiger partial charge in [0.2, 0.25) is 0 Å². The third kappa shape index (κ3) is 4.08. The highest BCUT2D eigenvalue weighted by Gasteiger charge is 2.03. The average Bonchev–Trinajstić information content (AvgIpc) is 2.34. The molecular weight excluding hydrogens is 210 g/mol. The summed E-state index contributed by atoms with van der Waals surface area (Å²) < 4.78 is 10.3. The summed E-state index contributed by atoms with van der Waals surface area (Å²) >= 11 is 0. The molecule has 6 nitrogen and oxygen atoms in total. The van der Waals surface area contributed by atoms with E-state index in [-0.39, 0.29) is 13.2 Å². The van der Waals surface area contributed by atoms with Crippen LogP contribution in [-0.2, 0) is 0 Å². The zero-order chi connectivity index (χ0) is 11.8. The Labute approximate surface area is 93.0 Å². The Hall–Kier alpha value is -1.91. The summed E-state index contributed by atoms with van der Waals surface area (Å²) in [6.07, 6.45) is -0.794. The lowest BCUT2D eigenvalue weighted by atomic mass is 10.3. The normalized spacial score (nSPS) is 11.4. The predicted octanol–water partition coefficient (Wildman–Crippen LogP) is 1.75. The molecule has 0 saturated carbocycles. The lowest BCUT2D eigenvalue weighted by Gasteiger charge is -2.10. The van der Waals surface area contributed by atoms with Crippen molar-refractivity contribution in [1.29, 1.82) is 0 Å². The summed E-state index contributed by atoms with van der Waals surface area (Å²) in [6, 6.07) is 6.99. The number of hydrogen-bond acceptors (Lipinski definition) is 4. The van der Waals surface area contributed by atoms with Gasteiger partial charge in [0.1, 0.15) is 18.1 Å². The topological polar surface area (TPSA) is 87.5 Å². The van der Waals surface area contributed by atoms with E-state index in [0.29, 0.717) is 5.75 Å². The first-order chi connectivity index (χ1) is 7.76. The molecule has 0 aliphatic carbocycles. The first-order valence-electron chi connectivity index (χ1n) is 4.72. The molecule has 0 bridgehead atoms. The molecular formula is C10H13N3O3. The highest BCUT2D eigenvalue weighted by atomic mass is 16.5. The first-order valence-corrected chi connectivity index (χ1v) is 4.72. The van der Waals surface area contributed by atoms with Crippen molar-refractivity contribution in [1.82, 2.24) is 0 Å². The van der Waals surface area contributed by atoms with Crippen LogP contribution in [0.4, 0.5) is 0 Å². The number of hydrogen-bond donors (Lipinski definition) is 1. The summed E-state index contributed by atoms with van der Waals surface area (Å²) in [6.45, 7) is 0.0952. The summed E-state index contributed by atoms with van der Waals surface area (Å²) in [7, 11) is 1.58. The Balaban J connectivity index is 2.38. The molecule has 0 saturated heterocycles. The molecule has 0 unspecified atom stereocenters. The molecule has 0 aliphatic heterocycles. The van der Waals surface area contributed by atoms with Gasteiger partial charge in [0.25, 0.3) is 0 Å². The fourth-order valence-corrected chi connectivity index (χ4v) is 1.05. The van der Waals surface area contributed by atoms with Gasteiger partial charge in [-0.15, -0.1) is 0 Å². The fraction of sp³-hybridized carbons (Fsp3) is 0.400. The van der Waals surface area contributed by atoms with Gasteiger partial charge < -0.3 is 14.6 Å². The number of aliphatic hydroxyl groups excluding tert-OH is 1. The molecule has 0 radical (unpaired) electrons. The Morgan fingerprint density at radius 3 is 2.56 bits per heavy atom. The van der Waals surface area contributed by atoms with Gasteiger partial charge in [-0.1, -0.05) is 5.11 Å². The first kappa shape index (κ1) is 12.2. The van der Waals surface area contributed by atoms with Crippen LogP contribution in [0, 0.1) is 0 Å². The van der Waals surface area contributed by atoms with Crippen molar-refractivity contribution in [3.8, 4) is 11.5 Å². The van der Waals surface area contributed by atoms with Gasteiger partial charge >= 0.3 is 0 Å². The van der Waals surface area contributed by atoms with Crippen molar-refractivity contribution in [2.24, 2.45) is 5.11 Å². The third-order valence-corrected chi connectivity index (χ3v) is 1.86. The van der Waals surface area contributed by atoms with E-state index in [2.05, 4.69) is 10.0 Å². The zero-order valence-corrected chi connectivity index (χ0v) is 8.91. The van der Waals surface area contributed by atoms with Crippen LogP contribution in [0.15, 0.2) is 29.4 Å². The minimum absolute atomic E-state index is 0.00660. The highest BCUT2D eigenvalue weighted by molar-refractivity contribution is 5.31. The molecule has 1 aromatic carbocycles. The molecule has 1 atom stereocenters. The molecule has 1 rings (SSSR count). The molecule has 0 spiro atoms. The van der Waals surface area contributed by atoms with Gasteiger partial charge in [-0.25, -0.2) is 0 Å². The minimum Gasteiger partial charge on any atom is -0.497 e. The molecule has 1 aromatic rings. The maximum Gasteiger partial charge on any atom is 0.119 e. The van der Waals surface area contributed by atoms with E-state index in [4.69, 9.17) is 15.0 Å². The summed E-state index contributed by atoms with van der Waals surface area (Å²) in [4.78, 5) is 2.55. The summed E-state index contributed by atoms with van der Waals surface area (Å²) in [5.41, 5.74) is 8.05. The molecule has 16 heavy (non-hydrogen) atoms. The van der Waals surface area contributed by atoms with Crippen LogP contribution in [0.5, 0.6) is 11.5 Å². The second-order valence-electron chi connectivity index (χ2n) is 3.05. The molecule has 6 heteroatoms. The molecule has 0 heterocycles. The van der Waals surface area contributed by atoms with Crippen LogP contribution in [-0.4, -0.2) is 31.5 Å². The van der Waals surface area contributed by atoms with E-state index in [1.807, 2.05) is 0 Å². The number of nitrogens with zero attached hydrogens (tertiary/aromatic N) is 3. The number of azide groups is 1. The van der Waals surface area contributed by atoms with Crippen LogP contribution in [0.25, 0.3) is 10.4 Å². The fourth-order valence-electron chi connectivity index (χ4n) is 1.05. The monoisotopic (exact) mass is 223 g/mol. The van der Waals surface area contributed by atoms with Crippen molar-refractivity contribution < 1.29 is 14.6 Å². The van der Waals surface area contributed by atoms with Crippen LogP contribution in [0.2, 0.25) is 0 Å². The van der Waals surface area contributed by atoms with E-state index >= 15 is 0 Å². The average molecular weight is 223 g/mol. The van der Waals surface area contributed by atoms with E-state index in [9.17, 15) is 5.11 Å². The molecule has 0 fully saturated rings. The second-order valence-corrected chi connectivity index (χ2v) is 3.05. The number of methoxy groups -OCH3 is 1. The Kier molecular flexibility index (Phi) is 4.98. The van der Waals surface area contributed by atoms with Gasteiger partial charge in [-0.3, -0.25) is 0 Å². The van der Waals surface area contributed by atoms with E-state index in [1.165, 1.54) is 0 Å². The van der Waals surface area contributed by atoms with Crippen molar-refractivity contribution in [2.75, 3.05) is 20.3 Å². The number of benzene rings is 1. The zero-order valence-electron chi connectivity index (χ0n) is 8.91. The van der Waals surface area contributed by atoms with Crippen molar-refractivity contribution >= 4 is 0 Å². The van der Waals surface area contributed by atoms with Gasteiger partial charge in [0.15, 0.2) is 0 Å². The Bertz CT molecular complexity index is 360. The summed E-state index contributed by atoms with van der Waals surface area (Å²) in [5, 5.41) is 12.6. The van der Waals surface area contributed by atoms with Crippen LogP contribution < -0.4 is 9.47 Å². The van der Waals surface area contributed by atoms with Crippen molar-refractivity contribution in [3.05, 3.63) is 34.7 Å². The van der Waals surface area contributed by atoms with Crippen molar-refractivity contribution in [2.45, 2.75) is 6.10 Å². The number of rotatable bonds is 6. The van der Waals surface area contributed by atoms with Gasteiger partial charge in [-0.2, -0.15) is 0 Å². The SMILES string of the molecule is COc1ccc(OC[C@@H](O)CN=[N+]=[N-])cc1. The molecule has 1 N–H and O–H groups in total. The maximum atomic E-state index is 9.33. The van der Waals surface area contributed by atoms with E-state index in [1.54, 1.807) is 31.4 Å². The lowest BCUT2D eigenvalue weighted by molar-refractivity contribution is 0.114. The molecule has 0 amide bonds. The smallest absolute Gasteiger partial charge is 0.119 e. The number of ether oxygens (including phenoxy) is 2. The van der Waals surface area contributed by atoms with E-state index < -0.39 is 6.10 Å². The second kappa shape index (κ2) is 6.55. The lowest BCUT2D eigenvalue weighted by Crippen LogP contribution is -2.20. The van der Waals surface area contributed by atoms with Crippen LogP contribution in [0.3, 0.4) is 0 Å². The largest absolute Gasteiger partial charge is 0.497 e. The van der Waals surface area contributed by atoms with E-state index in [0.717, 1.165) is 5.75 Å². The quantitative estimate of drug-likeness (QED) is 0.452. The summed E-state index contributed by atoms with van der Waals surface area (Å²) in [5.74, 6) is 1.36. The third-order valence-electron chi connectivity index (χ3n) is 1.86. The van der Waals surface area contributed by atoms with Crippen LogP contribution in [0.1, 0.15) is 0 Å². The van der Waals surface area contributed by atoms with Gasteiger partial charge in [0, 0.05) is 4.91 Å². The highest BCUT2D eigenvalue weighted by Crippen LogP contribution is 2.16. The predicted molar refractivity (Wildman–Crippen MR) is 58.5 cm³/mol. The minimum atomic E-state index is -0.794. The van der Waals surface area contributed by atoms with Gasteiger partial charge in [-0.05, 0) is 29.8 Å². The van der Waals surface area contributed by atoms with Crippen LogP contribution >= 0.6 is 0 Å². The number of aliphatic hydroxyl groups is 1. The Morgan fingerprint density at radius 2 is 2.00 bits per heavy atom. The standard InChI is InChI=1S/C10H13N3O3/c1-15-9-2-4-10(5-3-9)16-7-8(14)6-12-13-11/h2-5,8,14H,6-7H2,1H3/t8-/m0/s1. The molecule has 86 valence electrons. The maximum absolute atomic E-state index is 9.33. The Morgan fingerprint density at radius 1 is 1.38 bits per heavy atom.